The van der Waals surface area contributed by atoms with E-state index in [-0.39, 0.29) is 20.9 Å². The zero-order valence-corrected chi connectivity index (χ0v) is 18.1. The van der Waals surface area contributed by atoms with Gasteiger partial charge in [-0.05, 0) is 68.2 Å². The lowest BCUT2D eigenvalue weighted by Crippen LogP contribution is -2.49. The van der Waals surface area contributed by atoms with E-state index in [1.165, 1.54) is 12.8 Å². The highest BCUT2D eigenvalue weighted by Gasteiger charge is 2.68. The molecule has 0 spiro atoms. The summed E-state index contributed by atoms with van der Waals surface area (Å²) in [6.45, 7) is 11.4. The summed E-state index contributed by atoms with van der Waals surface area (Å²) < 4.78 is 11.8. The molecule has 2 bridgehead atoms. The van der Waals surface area contributed by atoms with E-state index in [4.69, 9.17) is 9.47 Å². The first-order valence-corrected chi connectivity index (χ1v) is 10.5. The zero-order valence-electron chi connectivity index (χ0n) is 15.9. The molecule has 0 saturated heterocycles. The molecule has 4 heteroatoms. The number of carbonyl (C=O) groups excluding carboxylic acids is 1. The summed E-state index contributed by atoms with van der Waals surface area (Å²) in [5.74, 6) is 1.98. The van der Waals surface area contributed by atoms with Gasteiger partial charge in [-0.2, -0.15) is 0 Å². The van der Waals surface area contributed by atoms with Crippen molar-refractivity contribution >= 4 is 28.6 Å². The molecule has 0 amide bonds. The quantitative estimate of drug-likeness (QED) is 0.244. The minimum absolute atomic E-state index is 0.108. The van der Waals surface area contributed by atoms with Gasteiger partial charge in [0.2, 0.25) is 0 Å². The van der Waals surface area contributed by atoms with Crippen LogP contribution in [0.25, 0.3) is 0 Å². The van der Waals surface area contributed by atoms with Crippen LogP contribution in [0.3, 0.4) is 0 Å². The molecule has 4 atom stereocenters. The number of halogens is 1. The average Bonchev–Trinajstić information content (AvgIpc) is 2.87. The number of hydrogen-bond acceptors (Lipinski definition) is 3. The smallest absolute Gasteiger partial charge is 0.324 e. The largest absolute Gasteiger partial charge is 0.487 e. The topological polar surface area (TPSA) is 35.5 Å². The van der Waals surface area contributed by atoms with Crippen LogP contribution >= 0.6 is 22.6 Å². The van der Waals surface area contributed by atoms with Crippen molar-refractivity contribution in [3.05, 3.63) is 24.3 Å². The van der Waals surface area contributed by atoms with Gasteiger partial charge in [-0.15, -0.1) is 0 Å². The highest BCUT2D eigenvalue weighted by molar-refractivity contribution is 14.1. The molecule has 0 aromatic heterocycles. The third-order valence-corrected chi connectivity index (χ3v) is 8.63. The Morgan fingerprint density at radius 2 is 1.80 bits per heavy atom. The van der Waals surface area contributed by atoms with Gasteiger partial charge in [0.1, 0.15) is 21.0 Å². The molecule has 138 valence electrons. The Bertz CT molecular complexity index is 654. The summed E-state index contributed by atoms with van der Waals surface area (Å²) in [4.78, 5) is 11.9. The molecule has 0 aliphatic heterocycles. The standard InChI is InChI=1S/C21H29IO3/c1-6-17(22)18(23)24-15-7-9-16(10-8-15)25-21(5)13-14-11-12-20(21,4)19(14,2)3/h7-10,14,17H,6,11-13H2,1-5H3. The van der Waals surface area contributed by atoms with Gasteiger partial charge < -0.3 is 9.47 Å². The molecular formula is C21H29IO3. The zero-order chi connectivity index (χ0) is 18.5. The normalized spacial score (nSPS) is 33.9. The fourth-order valence-corrected chi connectivity index (χ4v) is 5.06. The van der Waals surface area contributed by atoms with Crippen LogP contribution in [0, 0.1) is 16.7 Å². The molecule has 0 radical (unpaired) electrons. The Kier molecular flexibility index (Phi) is 4.89. The lowest BCUT2D eigenvalue weighted by Gasteiger charge is -2.46. The van der Waals surface area contributed by atoms with Crippen LogP contribution in [-0.2, 0) is 4.79 Å². The number of esters is 1. The fourth-order valence-electron chi connectivity index (χ4n) is 4.93. The highest BCUT2D eigenvalue weighted by Crippen LogP contribution is 2.70. The van der Waals surface area contributed by atoms with Crippen molar-refractivity contribution in [3.8, 4) is 11.5 Å². The van der Waals surface area contributed by atoms with Gasteiger partial charge in [-0.1, -0.05) is 50.3 Å². The third-order valence-electron chi connectivity index (χ3n) is 7.24. The van der Waals surface area contributed by atoms with E-state index in [1.54, 1.807) is 0 Å². The molecule has 1 aromatic rings. The molecular weight excluding hydrogens is 427 g/mol. The van der Waals surface area contributed by atoms with Crippen LogP contribution in [-0.4, -0.2) is 15.5 Å². The van der Waals surface area contributed by atoms with Gasteiger partial charge in [0.05, 0.1) is 0 Å². The summed E-state index contributed by atoms with van der Waals surface area (Å²) in [5, 5.41) is 0. The van der Waals surface area contributed by atoms with E-state index in [0.717, 1.165) is 24.5 Å². The number of fused-ring (bicyclic) bond motifs is 2. The Morgan fingerprint density at radius 1 is 1.20 bits per heavy atom. The second kappa shape index (κ2) is 6.43. The molecule has 3 nitrogen and oxygen atoms in total. The summed E-state index contributed by atoms with van der Waals surface area (Å²) in [7, 11) is 0. The summed E-state index contributed by atoms with van der Waals surface area (Å²) in [6.07, 6.45) is 4.42. The van der Waals surface area contributed by atoms with E-state index >= 15 is 0 Å². The average molecular weight is 456 g/mol. The van der Waals surface area contributed by atoms with Crippen molar-refractivity contribution in [2.24, 2.45) is 16.7 Å². The number of rotatable bonds is 5. The van der Waals surface area contributed by atoms with Crippen molar-refractivity contribution in [1.82, 2.24) is 0 Å². The maximum atomic E-state index is 11.9. The maximum Gasteiger partial charge on any atom is 0.324 e. The van der Waals surface area contributed by atoms with Crippen molar-refractivity contribution < 1.29 is 14.3 Å². The van der Waals surface area contributed by atoms with E-state index < -0.39 is 0 Å². The van der Waals surface area contributed by atoms with Crippen molar-refractivity contribution in [1.29, 1.82) is 0 Å². The molecule has 2 saturated carbocycles. The van der Waals surface area contributed by atoms with Gasteiger partial charge >= 0.3 is 5.97 Å². The summed E-state index contributed by atoms with van der Waals surface area (Å²) >= 11 is 2.12. The van der Waals surface area contributed by atoms with Gasteiger partial charge in [-0.25, -0.2) is 0 Å². The molecule has 3 rings (SSSR count). The number of ether oxygens (including phenoxy) is 2. The highest BCUT2D eigenvalue weighted by atomic mass is 127. The van der Waals surface area contributed by atoms with E-state index in [9.17, 15) is 4.79 Å². The first kappa shape index (κ1) is 19.0. The number of hydrogen-bond donors (Lipinski definition) is 0. The van der Waals surface area contributed by atoms with Crippen LogP contribution in [0.15, 0.2) is 24.3 Å². The molecule has 1 aromatic carbocycles. The van der Waals surface area contributed by atoms with Crippen LogP contribution < -0.4 is 9.47 Å². The minimum atomic E-state index is -0.189. The molecule has 0 N–H and O–H groups in total. The second-order valence-electron chi connectivity index (χ2n) is 8.59. The lowest BCUT2D eigenvalue weighted by molar-refractivity contribution is -0.133. The lowest BCUT2D eigenvalue weighted by atomic mass is 9.65. The van der Waals surface area contributed by atoms with Crippen molar-refractivity contribution in [2.45, 2.75) is 69.8 Å². The molecule has 4 unspecified atom stereocenters. The van der Waals surface area contributed by atoms with Gasteiger partial charge in [0, 0.05) is 5.41 Å². The van der Waals surface area contributed by atoms with E-state index in [2.05, 4.69) is 50.3 Å². The van der Waals surface area contributed by atoms with Gasteiger partial charge in [-0.3, -0.25) is 4.79 Å². The van der Waals surface area contributed by atoms with Crippen LogP contribution in [0.2, 0.25) is 0 Å². The molecule has 0 heterocycles. The number of benzene rings is 1. The Labute approximate surface area is 165 Å². The van der Waals surface area contributed by atoms with E-state index in [0.29, 0.717) is 11.2 Å². The third kappa shape index (κ3) is 2.98. The minimum Gasteiger partial charge on any atom is -0.487 e. The van der Waals surface area contributed by atoms with Crippen molar-refractivity contribution in [2.75, 3.05) is 0 Å². The van der Waals surface area contributed by atoms with Crippen molar-refractivity contribution in [3.63, 3.8) is 0 Å². The first-order valence-electron chi connectivity index (χ1n) is 9.28. The van der Waals surface area contributed by atoms with Crippen LogP contribution in [0.1, 0.15) is 60.3 Å². The molecule has 25 heavy (non-hydrogen) atoms. The van der Waals surface area contributed by atoms with Gasteiger partial charge in [0.15, 0.2) is 0 Å². The Balaban J connectivity index is 1.71. The second-order valence-corrected chi connectivity index (χ2v) is 10.1. The summed E-state index contributed by atoms with van der Waals surface area (Å²) in [5.41, 5.74) is 0.352. The SMILES string of the molecule is CCC(I)C(=O)Oc1ccc(OC2(C)CC3CCC2(C)C3(C)C)cc1. The Hall–Kier alpha value is -0.780. The van der Waals surface area contributed by atoms with Crippen LogP contribution in [0.5, 0.6) is 11.5 Å². The predicted molar refractivity (Wildman–Crippen MR) is 108 cm³/mol. The number of alkyl halides is 1. The molecule has 2 aliphatic carbocycles. The first-order chi connectivity index (χ1) is 11.6. The molecule has 2 aliphatic rings. The fraction of sp³-hybridized carbons (Fsp3) is 0.667. The van der Waals surface area contributed by atoms with Crippen LogP contribution in [0.4, 0.5) is 0 Å². The molecule has 2 fully saturated rings. The monoisotopic (exact) mass is 456 g/mol. The number of carbonyl (C=O) groups is 1. The predicted octanol–water partition coefficient (Wildman–Crippen LogP) is 5.79. The van der Waals surface area contributed by atoms with E-state index in [1.807, 2.05) is 31.2 Å². The maximum absolute atomic E-state index is 11.9. The summed E-state index contributed by atoms with van der Waals surface area (Å²) in [6, 6.07) is 7.50. The van der Waals surface area contributed by atoms with Gasteiger partial charge in [0.25, 0.3) is 0 Å². The Morgan fingerprint density at radius 3 is 2.28 bits per heavy atom.